The highest BCUT2D eigenvalue weighted by Gasteiger charge is 2.16. The fourth-order valence-corrected chi connectivity index (χ4v) is 3.33. The summed E-state index contributed by atoms with van der Waals surface area (Å²) in [5.74, 6) is -0.381. The summed E-state index contributed by atoms with van der Waals surface area (Å²) in [6.07, 6.45) is 1.42. The topological polar surface area (TPSA) is 97.7 Å². The molecule has 0 aromatic heterocycles. The van der Waals surface area contributed by atoms with E-state index in [1.54, 1.807) is 43.3 Å². The molecule has 0 spiro atoms. The van der Waals surface area contributed by atoms with Gasteiger partial charge in [-0.1, -0.05) is 23.7 Å². The molecule has 0 aliphatic heterocycles. The van der Waals surface area contributed by atoms with E-state index >= 15 is 0 Å². The van der Waals surface area contributed by atoms with Crippen LogP contribution in [0.4, 0.5) is 5.69 Å². The Hall–Kier alpha value is -2.77. The van der Waals surface area contributed by atoms with Crippen molar-refractivity contribution in [3.05, 3.63) is 56.1 Å². The van der Waals surface area contributed by atoms with Gasteiger partial charge in [0.05, 0.1) is 28.0 Å². The quantitative estimate of drug-likeness (QED) is 0.230. The number of para-hydroxylation sites is 1. The van der Waals surface area contributed by atoms with Gasteiger partial charge < -0.3 is 19.5 Å². The van der Waals surface area contributed by atoms with Gasteiger partial charge in [0, 0.05) is 0 Å². The maximum atomic E-state index is 12.5. The lowest BCUT2D eigenvalue weighted by Gasteiger charge is -2.13. The smallest absolute Gasteiger partial charge is 0.344 e. The predicted molar refractivity (Wildman–Crippen MR) is 122 cm³/mol. The molecule has 0 heterocycles. The molecule has 0 aliphatic carbocycles. The zero-order valence-electron chi connectivity index (χ0n) is 16.2. The molecule has 0 atom stereocenters. The molecule has 0 bridgehead atoms. The Balaban J connectivity index is 2.26. The van der Waals surface area contributed by atoms with Gasteiger partial charge in [0.2, 0.25) is 0 Å². The number of halogens is 2. The molecule has 30 heavy (non-hydrogen) atoms. The minimum atomic E-state index is -0.595. The second-order valence-electron chi connectivity index (χ2n) is 5.73. The lowest BCUT2D eigenvalue weighted by atomic mass is 10.1. The monoisotopic (exact) mass is 540 g/mol. The summed E-state index contributed by atoms with van der Waals surface area (Å²) in [6, 6.07) is 11.9. The van der Waals surface area contributed by atoms with Gasteiger partial charge in [0.15, 0.2) is 18.1 Å². The Morgan fingerprint density at radius 2 is 2.03 bits per heavy atom. The summed E-state index contributed by atoms with van der Waals surface area (Å²) in [6.45, 7) is 1.70. The summed E-state index contributed by atoms with van der Waals surface area (Å²) in [7, 11) is 1.45. The molecule has 0 saturated heterocycles. The van der Waals surface area contributed by atoms with Crippen LogP contribution in [0.15, 0.2) is 42.0 Å². The van der Waals surface area contributed by atoms with Gasteiger partial charge in [-0.3, -0.25) is 4.79 Å². The summed E-state index contributed by atoms with van der Waals surface area (Å²) >= 11 is 8.06. The zero-order chi connectivity index (χ0) is 22.1. The summed E-state index contributed by atoms with van der Waals surface area (Å²) < 4.78 is 16.3. The van der Waals surface area contributed by atoms with Gasteiger partial charge in [0.1, 0.15) is 11.6 Å². The number of methoxy groups -OCH3 is 1. The maximum absolute atomic E-state index is 12.5. The van der Waals surface area contributed by atoms with Gasteiger partial charge >= 0.3 is 5.97 Å². The van der Waals surface area contributed by atoms with Crippen molar-refractivity contribution in [1.29, 1.82) is 5.26 Å². The van der Waals surface area contributed by atoms with Gasteiger partial charge in [0.25, 0.3) is 5.91 Å². The molecule has 0 aliphatic rings. The molecular weight excluding hydrogens is 523 g/mol. The van der Waals surface area contributed by atoms with Crippen LogP contribution in [0.25, 0.3) is 6.08 Å². The number of benzene rings is 2. The number of anilines is 1. The Kier molecular flexibility index (Phi) is 8.95. The molecule has 0 saturated carbocycles. The highest BCUT2D eigenvalue weighted by molar-refractivity contribution is 14.1. The van der Waals surface area contributed by atoms with Crippen molar-refractivity contribution in [3.63, 3.8) is 0 Å². The Bertz CT molecular complexity index is 1020. The highest BCUT2D eigenvalue weighted by atomic mass is 127. The zero-order valence-corrected chi connectivity index (χ0v) is 19.1. The van der Waals surface area contributed by atoms with E-state index < -0.39 is 11.9 Å². The van der Waals surface area contributed by atoms with E-state index in [9.17, 15) is 14.9 Å². The van der Waals surface area contributed by atoms with E-state index in [1.807, 2.05) is 28.7 Å². The van der Waals surface area contributed by atoms with Crippen molar-refractivity contribution >= 4 is 57.8 Å². The second-order valence-corrected chi connectivity index (χ2v) is 7.30. The molecule has 0 unspecified atom stereocenters. The number of esters is 1. The van der Waals surface area contributed by atoms with Crippen LogP contribution in [0.1, 0.15) is 12.5 Å². The first-order valence-corrected chi connectivity index (χ1v) is 10.2. The van der Waals surface area contributed by atoms with Crippen LogP contribution in [0.2, 0.25) is 5.02 Å². The molecule has 2 aromatic rings. The number of nitrogens with zero attached hydrogens (tertiary/aromatic N) is 1. The summed E-state index contributed by atoms with van der Waals surface area (Å²) in [4.78, 5) is 24.0. The normalized spacial score (nSPS) is 10.7. The molecule has 0 radical (unpaired) electrons. The van der Waals surface area contributed by atoms with Gasteiger partial charge in [-0.25, -0.2) is 4.79 Å². The predicted octanol–water partition coefficient (Wildman–Crippen LogP) is 4.44. The number of rotatable bonds is 8. The maximum Gasteiger partial charge on any atom is 0.344 e. The average Bonchev–Trinajstić information content (AvgIpc) is 2.72. The molecule has 7 nitrogen and oxygen atoms in total. The van der Waals surface area contributed by atoms with Crippen LogP contribution in [0, 0.1) is 14.9 Å². The average molecular weight is 541 g/mol. The molecule has 9 heteroatoms. The van der Waals surface area contributed by atoms with Crippen LogP contribution >= 0.6 is 34.2 Å². The third-order valence-electron chi connectivity index (χ3n) is 3.69. The van der Waals surface area contributed by atoms with E-state index in [-0.39, 0.29) is 18.8 Å². The lowest BCUT2D eigenvalue weighted by molar-refractivity contribution is -0.145. The van der Waals surface area contributed by atoms with E-state index in [1.165, 1.54) is 13.2 Å². The first-order chi connectivity index (χ1) is 14.4. The van der Waals surface area contributed by atoms with Crippen LogP contribution in [-0.4, -0.2) is 32.2 Å². The summed E-state index contributed by atoms with van der Waals surface area (Å²) in [5, 5.41) is 12.4. The fourth-order valence-electron chi connectivity index (χ4n) is 2.36. The highest BCUT2D eigenvalue weighted by Crippen LogP contribution is 2.34. The SMILES string of the molecule is CCOC(=O)COc1c(I)cc(/C=C(\C#N)C(=O)Nc2ccccc2Cl)cc1OC. The molecule has 2 rings (SSSR count). The molecule has 2 aromatic carbocycles. The number of nitriles is 1. The van der Waals surface area contributed by atoms with Crippen molar-refractivity contribution in [2.24, 2.45) is 0 Å². The van der Waals surface area contributed by atoms with E-state index in [0.29, 0.717) is 31.3 Å². The minimum absolute atomic E-state index is 0.118. The number of carbonyl (C=O) groups is 2. The van der Waals surface area contributed by atoms with Gasteiger partial charge in [-0.05, 0) is 65.4 Å². The Morgan fingerprint density at radius 3 is 2.67 bits per heavy atom. The van der Waals surface area contributed by atoms with Crippen molar-refractivity contribution in [2.45, 2.75) is 6.92 Å². The molecule has 156 valence electrons. The van der Waals surface area contributed by atoms with Crippen molar-refractivity contribution in [2.75, 3.05) is 25.6 Å². The van der Waals surface area contributed by atoms with Crippen molar-refractivity contribution in [3.8, 4) is 17.6 Å². The number of carbonyl (C=O) groups excluding carboxylic acids is 2. The first kappa shape index (κ1) is 23.5. The van der Waals surface area contributed by atoms with Crippen molar-refractivity contribution < 1.29 is 23.8 Å². The van der Waals surface area contributed by atoms with Crippen molar-refractivity contribution in [1.82, 2.24) is 0 Å². The van der Waals surface area contributed by atoms with Crippen LogP contribution in [0.5, 0.6) is 11.5 Å². The Labute approximate surface area is 192 Å². The Morgan fingerprint density at radius 1 is 1.30 bits per heavy atom. The van der Waals surface area contributed by atoms with Gasteiger partial charge in [-0.2, -0.15) is 5.26 Å². The summed E-state index contributed by atoms with van der Waals surface area (Å²) in [5.41, 5.74) is 0.832. The molecular formula is C21H18ClIN2O5. The standard InChI is InChI=1S/C21H18ClIN2O5/c1-3-29-19(26)12-30-20-16(23)9-13(10-18(20)28-2)8-14(11-24)21(27)25-17-7-5-4-6-15(17)22/h4-10H,3,12H2,1-2H3,(H,25,27)/b14-8+. The number of amides is 1. The second kappa shape index (κ2) is 11.4. The number of hydrogen-bond acceptors (Lipinski definition) is 6. The number of ether oxygens (including phenoxy) is 3. The van der Waals surface area contributed by atoms with E-state index in [0.717, 1.165) is 0 Å². The third-order valence-corrected chi connectivity index (χ3v) is 4.82. The van der Waals surface area contributed by atoms with E-state index in [4.69, 9.17) is 25.8 Å². The number of hydrogen-bond donors (Lipinski definition) is 1. The van der Waals surface area contributed by atoms with Gasteiger partial charge in [-0.15, -0.1) is 0 Å². The number of nitrogens with one attached hydrogen (secondary N) is 1. The molecule has 1 N–H and O–H groups in total. The lowest BCUT2D eigenvalue weighted by Crippen LogP contribution is -2.15. The molecule has 1 amide bonds. The van der Waals surface area contributed by atoms with Crippen LogP contribution in [-0.2, 0) is 14.3 Å². The fraction of sp³-hybridized carbons (Fsp3) is 0.190. The van der Waals surface area contributed by atoms with E-state index in [2.05, 4.69) is 5.32 Å². The minimum Gasteiger partial charge on any atom is -0.493 e. The third kappa shape index (κ3) is 6.37. The van der Waals surface area contributed by atoms with Crippen LogP contribution < -0.4 is 14.8 Å². The largest absolute Gasteiger partial charge is 0.493 e. The first-order valence-electron chi connectivity index (χ1n) is 8.73. The van der Waals surface area contributed by atoms with Crippen LogP contribution in [0.3, 0.4) is 0 Å². The molecule has 0 fully saturated rings.